The van der Waals surface area contributed by atoms with Gasteiger partial charge in [-0.1, -0.05) is 51.1 Å². The van der Waals surface area contributed by atoms with Crippen LogP contribution in [-0.2, 0) is 20.9 Å². The fourth-order valence-corrected chi connectivity index (χ4v) is 6.17. The number of carboxylic acid groups (broad SMARTS) is 1. The quantitative estimate of drug-likeness (QED) is 0.158. The highest BCUT2D eigenvalue weighted by Crippen LogP contribution is 2.41. The molecule has 0 fully saturated rings. The van der Waals surface area contributed by atoms with Gasteiger partial charge in [0.2, 0.25) is 5.91 Å². The van der Waals surface area contributed by atoms with Crippen molar-refractivity contribution in [2.45, 2.75) is 78.6 Å². The lowest BCUT2D eigenvalue weighted by molar-refractivity contribution is -0.136. The first-order chi connectivity index (χ1) is 22.5. The number of aromatic nitrogens is 1. The molecule has 0 saturated carbocycles. The Labute approximate surface area is 285 Å². The minimum Gasteiger partial charge on any atom is -0.481 e. The standard InChI is InChI=1S/C36H46F3N3O5S/c1-35(2,3)33(30-18-25(28-19-26(38)12-13-29(28)39)22-41(30)21-24-10-8-7-9-11-24)42(31(43)23-48-17-15-32(44)45)16-14-27(20-37)40-34(46)47-36(4,5)6/h7-13,18-19,22,27,33H,14-17,20-21,23H2,1-6H3,(H,40,46)(H,44,45). The number of carbonyl (C=O) groups is 3. The van der Waals surface area contributed by atoms with Crippen molar-refractivity contribution in [1.29, 1.82) is 0 Å². The van der Waals surface area contributed by atoms with Crippen LogP contribution in [0.4, 0.5) is 18.0 Å². The first kappa shape index (κ1) is 38.5. The van der Waals surface area contributed by atoms with Crippen molar-refractivity contribution >= 4 is 29.7 Å². The molecule has 0 radical (unpaired) electrons. The van der Waals surface area contributed by atoms with Crippen molar-refractivity contribution in [3.63, 3.8) is 0 Å². The topological polar surface area (TPSA) is 101 Å². The molecule has 0 aliphatic rings. The third kappa shape index (κ3) is 11.6. The average molecular weight is 690 g/mol. The molecule has 8 nitrogen and oxygen atoms in total. The number of amides is 2. The number of rotatable bonds is 15. The van der Waals surface area contributed by atoms with E-state index in [4.69, 9.17) is 9.84 Å². The van der Waals surface area contributed by atoms with Gasteiger partial charge < -0.3 is 24.6 Å². The van der Waals surface area contributed by atoms with Crippen molar-refractivity contribution < 1.29 is 37.4 Å². The minimum atomic E-state index is -0.978. The lowest BCUT2D eigenvalue weighted by atomic mass is 9.82. The molecule has 2 aromatic carbocycles. The van der Waals surface area contributed by atoms with Gasteiger partial charge in [-0.3, -0.25) is 9.59 Å². The average Bonchev–Trinajstić information content (AvgIpc) is 3.38. The molecule has 0 saturated heterocycles. The Hall–Kier alpha value is -3.93. The molecule has 3 aromatic rings. The Kier molecular flexibility index (Phi) is 13.6. The number of aliphatic carboxylic acids is 1. The fraction of sp³-hybridized carbons (Fsp3) is 0.472. The number of alkyl carbamates (subject to hydrolysis) is 1. The van der Waals surface area contributed by atoms with E-state index >= 15 is 4.39 Å². The van der Waals surface area contributed by atoms with Gasteiger partial charge in [0.15, 0.2) is 0 Å². The second-order valence-electron chi connectivity index (χ2n) is 13.7. The van der Waals surface area contributed by atoms with E-state index < -0.39 is 53.5 Å². The fourth-order valence-electron chi connectivity index (χ4n) is 5.37. The predicted molar refractivity (Wildman–Crippen MR) is 183 cm³/mol. The molecule has 0 aliphatic carbocycles. The minimum absolute atomic E-state index is 0.0326. The summed E-state index contributed by atoms with van der Waals surface area (Å²) in [6.07, 6.45) is 0.890. The second-order valence-corrected chi connectivity index (χ2v) is 14.8. The van der Waals surface area contributed by atoms with Crippen LogP contribution in [0.15, 0.2) is 60.8 Å². The number of thioether (sulfide) groups is 1. The summed E-state index contributed by atoms with van der Waals surface area (Å²) >= 11 is 1.18. The van der Waals surface area contributed by atoms with Crippen LogP contribution in [0.2, 0.25) is 0 Å². The maximum absolute atomic E-state index is 15.1. The van der Waals surface area contributed by atoms with Gasteiger partial charge >= 0.3 is 12.1 Å². The Morgan fingerprint density at radius 2 is 1.71 bits per heavy atom. The van der Waals surface area contributed by atoms with Crippen LogP contribution in [0.1, 0.15) is 71.7 Å². The Morgan fingerprint density at radius 1 is 1.02 bits per heavy atom. The maximum atomic E-state index is 15.1. The summed E-state index contributed by atoms with van der Waals surface area (Å²) < 4.78 is 50.9. The highest BCUT2D eigenvalue weighted by molar-refractivity contribution is 7.99. The predicted octanol–water partition coefficient (Wildman–Crippen LogP) is 7.86. The van der Waals surface area contributed by atoms with Gasteiger partial charge in [0.1, 0.15) is 23.9 Å². The maximum Gasteiger partial charge on any atom is 0.407 e. The van der Waals surface area contributed by atoms with Crippen molar-refractivity contribution in [3.8, 4) is 11.1 Å². The summed E-state index contributed by atoms with van der Waals surface area (Å²) in [7, 11) is 0. The molecular formula is C36H46F3N3O5S. The zero-order chi connectivity index (χ0) is 35.6. The van der Waals surface area contributed by atoms with Gasteiger partial charge in [0.05, 0.1) is 24.3 Å². The lowest BCUT2D eigenvalue weighted by Crippen LogP contribution is -2.46. The van der Waals surface area contributed by atoms with E-state index in [0.29, 0.717) is 17.8 Å². The number of carbonyl (C=O) groups excluding carboxylic acids is 2. The van der Waals surface area contributed by atoms with Crippen molar-refractivity contribution in [1.82, 2.24) is 14.8 Å². The van der Waals surface area contributed by atoms with Gasteiger partial charge in [0.25, 0.3) is 0 Å². The molecule has 262 valence electrons. The van der Waals surface area contributed by atoms with Gasteiger partial charge in [0, 0.05) is 41.9 Å². The number of carboxylic acids is 1. The molecule has 3 rings (SSSR count). The molecule has 12 heteroatoms. The monoisotopic (exact) mass is 689 g/mol. The van der Waals surface area contributed by atoms with Crippen molar-refractivity contribution in [3.05, 3.63) is 83.7 Å². The van der Waals surface area contributed by atoms with Crippen LogP contribution in [0.3, 0.4) is 0 Å². The number of hydrogen-bond donors (Lipinski definition) is 2. The molecule has 0 spiro atoms. The molecule has 2 N–H and O–H groups in total. The van der Waals surface area contributed by atoms with E-state index in [2.05, 4.69) is 5.32 Å². The number of hydrogen-bond acceptors (Lipinski definition) is 5. The highest BCUT2D eigenvalue weighted by Gasteiger charge is 2.37. The van der Waals surface area contributed by atoms with E-state index in [1.54, 1.807) is 37.9 Å². The Bertz CT molecular complexity index is 1540. The zero-order valence-electron chi connectivity index (χ0n) is 28.4. The summed E-state index contributed by atoms with van der Waals surface area (Å²) in [6.45, 7) is 10.4. The summed E-state index contributed by atoms with van der Waals surface area (Å²) in [5, 5.41) is 11.6. The molecule has 1 aromatic heterocycles. The number of alkyl halides is 1. The van der Waals surface area contributed by atoms with E-state index in [0.717, 1.165) is 23.8 Å². The normalized spacial score (nSPS) is 13.1. The van der Waals surface area contributed by atoms with Crippen molar-refractivity contribution in [2.24, 2.45) is 5.41 Å². The number of halogens is 3. The highest BCUT2D eigenvalue weighted by atomic mass is 32.2. The summed E-state index contributed by atoms with van der Waals surface area (Å²) in [6, 6.07) is 12.9. The third-order valence-electron chi connectivity index (χ3n) is 7.41. The van der Waals surface area contributed by atoms with Crippen LogP contribution in [0.25, 0.3) is 11.1 Å². The molecule has 0 bridgehead atoms. The molecular weight excluding hydrogens is 643 g/mol. The lowest BCUT2D eigenvalue weighted by Gasteiger charge is -2.41. The van der Waals surface area contributed by atoms with Crippen LogP contribution >= 0.6 is 11.8 Å². The zero-order valence-corrected chi connectivity index (χ0v) is 29.2. The number of nitrogens with zero attached hydrogens (tertiary/aromatic N) is 2. The van der Waals surface area contributed by atoms with Crippen molar-refractivity contribution in [2.75, 3.05) is 24.7 Å². The Morgan fingerprint density at radius 3 is 2.31 bits per heavy atom. The van der Waals surface area contributed by atoms with Gasteiger partial charge in [-0.2, -0.15) is 11.8 Å². The molecule has 48 heavy (non-hydrogen) atoms. The molecule has 2 amide bonds. The van der Waals surface area contributed by atoms with Gasteiger partial charge in [-0.25, -0.2) is 18.0 Å². The van der Waals surface area contributed by atoms with E-state index in [-0.39, 0.29) is 42.4 Å². The largest absolute Gasteiger partial charge is 0.481 e. The first-order valence-corrected chi connectivity index (χ1v) is 17.0. The SMILES string of the molecule is CC(C)(C)OC(=O)NC(CF)CCN(C(=O)CSCCC(=O)O)C(c1cc(-c2cc(F)ccc2F)cn1Cc1ccccc1)C(C)(C)C. The van der Waals surface area contributed by atoms with E-state index in [1.807, 2.05) is 55.7 Å². The Balaban J connectivity index is 2.10. The van der Waals surface area contributed by atoms with Crippen LogP contribution in [-0.4, -0.2) is 68.9 Å². The smallest absolute Gasteiger partial charge is 0.407 e. The molecule has 2 unspecified atom stereocenters. The summed E-state index contributed by atoms with van der Waals surface area (Å²) in [5.41, 5.74) is 0.650. The summed E-state index contributed by atoms with van der Waals surface area (Å²) in [5.74, 6) is -2.31. The second kappa shape index (κ2) is 16.9. The molecule has 1 heterocycles. The van der Waals surface area contributed by atoms with E-state index in [9.17, 15) is 23.2 Å². The van der Waals surface area contributed by atoms with E-state index in [1.165, 1.54) is 11.8 Å². The number of nitrogens with one attached hydrogen (secondary N) is 1. The van der Waals surface area contributed by atoms with Crippen LogP contribution in [0.5, 0.6) is 0 Å². The first-order valence-electron chi connectivity index (χ1n) is 15.8. The van der Waals surface area contributed by atoms with Crippen LogP contribution in [0, 0.1) is 17.0 Å². The van der Waals surface area contributed by atoms with Gasteiger partial charge in [-0.05, 0) is 62.4 Å². The number of benzene rings is 2. The number of ether oxygens (including phenoxy) is 1. The van der Waals surface area contributed by atoms with Gasteiger partial charge in [-0.15, -0.1) is 0 Å². The van der Waals surface area contributed by atoms with Crippen LogP contribution < -0.4 is 5.32 Å². The molecule has 0 aliphatic heterocycles. The summed E-state index contributed by atoms with van der Waals surface area (Å²) in [4.78, 5) is 39.2. The third-order valence-corrected chi connectivity index (χ3v) is 8.35. The molecule has 2 atom stereocenters.